The summed E-state index contributed by atoms with van der Waals surface area (Å²) < 4.78 is 24.5. The van der Waals surface area contributed by atoms with E-state index in [9.17, 15) is 19.1 Å². The summed E-state index contributed by atoms with van der Waals surface area (Å²) in [7, 11) is 0. The van der Waals surface area contributed by atoms with Crippen LogP contribution in [-0.4, -0.2) is 33.5 Å². The topological polar surface area (TPSA) is 117 Å². The lowest BCUT2D eigenvalue weighted by Crippen LogP contribution is -2.33. The summed E-state index contributed by atoms with van der Waals surface area (Å²) in [4.78, 5) is 25.3. The molecule has 2 rings (SSSR count). The second kappa shape index (κ2) is 6.55. The number of hydrogen-bond donors (Lipinski definition) is 2. The van der Waals surface area contributed by atoms with Gasteiger partial charge in [0, 0.05) is 18.2 Å². The Morgan fingerprint density at radius 1 is 1.73 bits per heavy atom. The fourth-order valence-electron chi connectivity index (χ4n) is 2.15. The van der Waals surface area contributed by atoms with Crippen molar-refractivity contribution in [2.45, 2.75) is 31.8 Å². The third-order valence-electron chi connectivity index (χ3n) is 3.27. The smallest absolute Gasteiger partial charge is 0.330 e. The van der Waals surface area contributed by atoms with E-state index in [1.807, 2.05) is 0 Å². The van der Waals surface area contributed by atoms with Gasteiger partial charge in [0.25, 0.3) is 5.56 Å². The number of aliphatic hydroxyl groups excluding tert-OH is 1. The fraction of sp³-hybridized carbons (Fsp3) is 0.462. The number of aryl methyl sites for hydroxylation is 1. The second-order valence-corrected chi connectivity index (χ2v) is 4.78. The Balaban J connectivity index is 2.22. The molecule has 118 valence electrons. The maximum absolute atomic E-state index is 12.8. The van der Waals surface area contributed by atoms with Gasteiger partial charge in [-0.1, -0.05) is 0 Å². The van der Waals surface area contributed by atoms with E-state index in [4.69, 9.17) is 14.7 Å². The van der Waals surface area contributed by atoms with Crippen LogP contribution in [0, 0.1) is 18.3 Å². The summed E-state index contributed by atoms with van der Waals surface area (Å²) in [5, 5.41) is 17.6. The fourth-order valence-corrected chi connectivity index (χ4v) is 2.15. The minimum absolute atomic E-state index is 0.145. The van der Waals surface area contributed by atoms with Gasteiger partial charge in [-0.05, 0) is 6.92 Å². The van der Waals surface area contributed by atoms with E-state index in [0.29, 0.717) is 11.8 Å². The van der Waals surface area contributed by atoms with Crippen molar-refractivity contribution in [2.75, 3.05) is 6.61 Å². The lowest BCUT2D eigenvalue weighted by atomic mass is 10.2. The largest absolute Gasteiger partial charge is 0.491 e. The van der Waals surface area contributed by atoms with Gasteiger partial charge in [-0.3, -0.25) is 14.3 Å². The van der Waals surface area contributed by atoms with E-state index in [1.54, 1.807) is 0 Å². The normalized spacial score (nSPS) is 25.0. The van der Waals surface area contributed by atoms with E-state index in [2.05, 4.69) is 4.98 Å². The maximum Gasteiger partial charge on any atom is 0.330 e. The number of aliphatic hydroxyl groups is 1. The lowest BCUT2D eigenvalue weighted by molar-refractivity contribution is -0.0484. The molecule has 0 saturated carbocycles. The van der Waals surface area contributed by atoms with Gasteiger partial charge < -0.3 is 14.6 Å². The number of aromatic amines is 1. The summed E-state index contributed by atoms with van der Waals surface area (Å²) >= 11 is 0. The Morgan fingerprint density at radius 2 is 2.45 bits per heavy atom. The number of H-pyrrole nitrogens is 1. The Bertz CT molecular complexity index is 732. The van der Waals surface area contributed by atoms with Crippen LogP contribution in [0.15, 0.2) is 27.9 Å². The van der Waals surface area contributed by atoms with Gasteiger partial charge in [0.15, 0.2) is 0 Å². The summed E-state index contributed by atoms with van der Waals surface area (Å²) in [6.07, 6.45) is -0.163. The Hall–Kier alpha value is -2.44. The number of nitrogens with one attached hydrogen (secondary N) is 1. The van der Waals surface area contributed by atoms with Crippen molar-refractivity contribution in [1.29, 1.82) is 5.26 Å². The van der Waals surface area contributed by atoms with Crippen LogP contribution in [-0.2, 0) is 9.47 Å². The standard InChI is InChI=1S/C13H14FN3O5/c1-7-4-17(13(20)16-12(7)19)11-2-9(10(5-18)22-11)21-6-8(14)3-15/h4,6,9-11,18H,2,5H2,1H3,(H,16,19,20)/b8-6-/t9-,10+,11+/m0/s1. The number of allylic oxidation sites excluding steroid dienone is 1. The highest BCUT2D eigenvalue weighted by molar-refractivity contribution is 5.09. The van der Waals surface area contributed by atoms with Crippen molar-refractivity contribution >= 4 is 0 Å². The highest BCUT2D eigenvalue weighted by Gasteiger charge is 2.37. The number of nitrogens with zero attached hydrogens (tertiary/aromatic N) is 2. The minimum Gasteiger partial charge on any atom is -0.491 e. The van der Waals surface area contributed by atoms with Crippen LogP contribution < -0.4 is 11.2 Å². The molecule has 0 spiro atoms. The van der Waals surface area contributed by atoms with Gasteiger partial charge in [-0.15, -0.1) is 0 Å². The predicted molar refractivity (Wildman–Crippen MR) is 71.3 cm³/mol. The van der Waals surface area contributed by atoms with Gasteiger partial charge in [-0.2, -0.15) is 9.65 Å². The van der Waals surface area contributed by atoms with Gasteiger partial charge in [0.2, 0.25) is 5.83 Å². The third-order valence-corrected chi connectivity index (χ3v) is 3.27. The number of nitriles is 1. The highest BCUT2D eigenvalue weighted by atomic mass is 19.1. The first-order valence-corrected chi connectivity index (χ1v) is 6.46. The molecule has 22 heavy (non-hydrogen) atoms. The van der Waals surface area contributed by atoms with Crippen LogP contribution >= 0.6 is 0 Å². The van der Waals surface area contributed by atoms with Crippen molar-refractivity contribution < 1.29 is 19.0 Å². The van der Waals surface area contributed by atoms with Crippen LogP contribution in [0.1, 0.15) is 18.2 Å². The van der Waals surface area contributed by atoms with Crippen LogP contribution in [0.4, 0.5) is 4.39 Å². The van der Waals surface area contributed by atoms with E-state index >= 15 is 0 Å². The maximum atomic E-state index is 12.8. The Morgan fingerprint density at radius 3 is 3.09 bits per heavy atom. The molecule has 0 amide bonds. The minimum atomic E-state index is -1.11. The molecule has 0 unspecified atom stereocenters. The molecule has 0 aromatic carbocycles. The van der Waals surface area contributed by atoms with Crippen LogP contribution in [0.2, 0.25) is 0 Å². The molecule has 2 heterocycles. The lowest BCUT2D eigenvalue weighted by Gasteiger charge is -2.15. The summed E-state index contributed by atoms with van der Waals surface area (Å²) in [6.45, 7) is 1.13. The van der Waals surface area contributed by atoms with Crippen molar-refractivity contribution in [2.24, 2.45) is 0 Å². The molecule has 1 aromatic rings. The second-order valence-electron chi connectivity index (χ2n) is 4.78. The molecule has 1 aliphatic heterocycles. The van der Waals surface area contributed by atoms with Gasteiger partial charge in [0.1, 0.15) is 30.8 Å². The molecule has 0 radical (unpaired) electrons. The molecule has 3 atom stereocenters. The molecule has 8 nitrogen and oxygen atoms in total. The molecule has 0 aliphatic carbocycles. The van der Waals surface area contributed by atoms with Crippen LogP contribution in [0.25, 0.3) is 0 Å². The number of rotatable bonds is 4. The van der Waals surface area contributed by atoms with E-state index in [1.165, 1.54) is 23.8 Å². The number of hydrogen-bond acceptors (Lipinski definition) is 6. The number of aromatic nitrogens is 2. The summed E-state index contributed by atoms with van der Waals surface area (Å²) in [5.41, 5.74) is -0.829. The average molecular weight is 311 g/mol. The molecule has 1 fully saturated rings. The van der Waals surface area contributed by atoms with Crippen LogP contribution in [0.3, 0.4) is 0 Å². The van der Waals surface area contributed by atoms with E-state index in [0.717, 1.165) is 0 Å². The van der Waals surface area contributed by atoms with Crippen molar-refractivity contribution in [3.63, 3.8) is 0 Å². The van der Waals surface area contributed by atoms with Gasteiger partial charge in [-0.25, -0.2) is 4.79 Å². The highest BCUT2D eigenvalue weighted by Crippen LogP contribution is 2.30. The molecule has 0 bridgehead atoms. The number of ether oxygens (including phenoxy) is 2. The first kappa shape index (κ1) is 15.9. The Labute approximate surface area is 124 Å². The summed E-state index contributed by atoms with van der Waals surface area (Å²) in [6, 6.07) is 1.26. The first-order valence-electron chi connectivity index (χ1n) is 6.46. The monoisotopic (exact) mass is 311 g/mol. The Kier molecular flexibility index (Phi) is 4.75. The van der Waals surface area contributed by atoms with Gasteiger partial charge >= 0.3 is 5.69 Å². The zero-order valence-corrected chi connectivity index (χ0v) is 11.7. The zero-order valence-electron chi connectivity index (χ0n) is 11.7. The van der Waals surface area contributed by atoms with Crippen molar-refractivity contribution in [3.05, 3.63) is 44.7 Å². The number of halogens is 1. The molecule has 9 heteroatoms. The molecule has 1 aromatic heterocycles. The van der Waals surface area contributed by atoms with Crippen LogP contribution in [0.5, 0.6) is 0 Å². The SMILES string of the molecule is Cc1cn([C@H]2C[C@H](O/C=C(\F)C#N)[C@@H](CO)O2)c(=O)[nH]c1=O. The molecule has 1 aliphatic rings. The molecule has 2 N–H and O–H groups in total. The average Bonchev–Trinajstić information content (AvgIpc) is 2.91. The quantitative estimate of drug-likeness (QED) is 0.589. The molecular weight excluding hydrogens is 297 g/mol. The summed E-state index contributed by atoms with van der Waals surface area (Å²) in [5.74, 6) is -1.11. The predicted octanol–water partition coefficient (Wildman–Crippen LogP) is -0.156. The van der Waals surface area contributed by atoms with Crippen molar-refractivity contribution in [3.8, 4) is 6.07 Å². The van der Waals surface area contributed by atoms with E-state index in [-0.39, 0.29) is 6.42 Å². The van der Waals surface area contributed by atoms with Crippen molar-refractivity contribution in [1.82, 2.24) is 9.55 Å². The zero-order chi connectivity index (χ0) is 16.3. The van der Waals surface area contributed by atoms with E-state index < -0.39 is 42.1 Å². The molecular formula is C13H14FN3O5. The first-order chi connectivity index (χ1) is 10.5. The molecule has 1 saturated heterocycles. The van der Waals surface area contributed by atoms with Gasteiger partial charge in [0.05, 0.1) is 6.61 Å². The third kappa shape index (κ3) is 3.24.